The summed E-state index contributed by atoms with van der Waals surface area (Å²) >= 11 is 0. The molecule has 0 unspecified atom stereocenters. The number of pyridine rings is 3. The van der Waals surface area contributed by atoms with Crippen molar-refractivity contribution in [2.24, 2.45) is 0 Å². The normalized spacial score (nSPS) is 13.3. The lowest BCUT2D eigenvalue weighted by Crippen LogP contribution is -2.55. The van der Waals surface area contributed by atoms with Gasteiger partial charge in [-0.05, 0) is 71.3 Å². The zero-order valence-corrected chi connectivity index (χ0v) is 23.2. The second-order valence-electron chi connectivity index (χ2n) is 10.4. The number of benzene rings is 3. The van der Waals surface area contributed by atoms with Crippen LogP contribution in [0.25, 0.3) is 33.4 Å². The molecule has 0 aliphatic carbocycles. The number of hydrogen-bond donors (Lipinski definition) is 0. The van der Waals surface area contributed by atoms with Gasteiger partial charge in [-0.3, -0.25) is 15.0 Å². The summed E-state index contributed by atoms with van der Waals surface area (Å²) < 4.78 is 0. The van der Waals surface area contributed by atoms with Crippen molar-refractivity contribution in [1.29, 1.82) is 0 Å². The van der Waals surface area contributed by atoms with E-state index < -0.39 is 0 Å². The highest BCUT2D eigenvalue weighted by molar-refractivity contribution is 5.72. The van der Waals surface area contributed by atoms with E-state index in [1.165, 1.54) is 0 Å². The van der Waals surface area contributed by atoms with Gasteiger partial charge in [-0.15, -0.1) is 0 Å². The van der Waals surface area contributed by atoms with Gasteiger partial charge in [-0.2, -0.15) is 0 Å². The lowest BCUT2D eigenvalue weighted by molar-refractivity contribution is 0.611. The maximum Gasteiger partial charge on any atom is 0.0937 e. The van der Waals surface area contributed by atoms with Gasteiger partial charge >= 0.3 is 0 Å². The first-order chi connectivity index (χ1) is 20.8. The van der Waals surface area contributed by atoms with Crippen molar-refractivity contribution in [3.63, 3.8) is 0 Å². The summed E-state index contributed by atoms with van der Waals surface area (Å²) in [6.07, 6.45) is 11.2. The lowest BCUT2D eigenvalue weighted by atomic mass is 10.1. The molecule has 0 spiro atoms. The molecule has 0 atom stereocenters. The number of nitrogens with zero attached hydrogens (tertiary/aromatic N) is 6. The highest BCUT2D eigenvalue weighted by atomic mass is 15.5. The fourth-order valence-electron chi connectivity index (χ4n) is 5.49. The molecule has 0 bridgehead atoms. The molecule has 7 rings (SSSR count). The molecular weight excluding hydrogens is 516 g/mol. The van der Waals surface area contributed by atoms with Gasteiger partial charge in [0.2, 0.25) is 0 Å². The molecule has 6 heteroatoms. The van der Waals surface area contributed by atoms with Crippen molar-refractivity contribution < 1.29 is 0 Å². The highest BCUT2D eigenvalue weighted by Crippen LogP contribution is 2.32. The monoisotopic (exact) mass is 546 g/mol. The fourth-order valence-corrected chi connectivity index (χ4v) is 5.49. The van der Waals surface area contributed by atoms with Gasteiger partial charge in [0.25, 0.3) is 0 Å². The molecule has 0 amide bonds. The quantitative estimate of drug-likeness (QED) is 0.215. The van der Waals surface area contributed by atoms with Gasteiger partial charge in [-0.25, -0.2) is 0 Å². The van der Waals surface area contributed by atoms with E-state index in [0.29, 0.717) is 0 Å². The second-order valence-corrected chi connectivity index (χ2v) is 10.4. The summed E-state index contributed by atoms with van der Waals surface area (Å²) in [7, 11) is 0. The van der Waals surface area contributed by atoms with Crippen LogP contribution < -0.4 is 14.7 Å². The smallest absolute Gasteiger partial charge is 0.0937 e. The summed E-state index contributed by atoms with van der Waals surface area (Å²) in [4.78, 5) is 20.3. The number of hydrogen-bond acceptors (Lipinski definition) is 6. The molecule has 4 heterocycles. The Hall–Kier alpha value is -5.49. The predicted molar refractivity (Wildman–Crippen MR) is 171 cm³/mol. The summed E-state index contributed by atoms with van der Waals surface area (Å²) in [5, 5.41) is 0. The average molecular weight is 547 g/mol. The van der Waals surface area contributed by atoms with E-state index in [9.17, 15) is 0 Å². The topological polar surface area (TPSA) is 48.4 Å². The van der Waals surface area contributed by atoms with E-state index in [1.54, 1.807) is 0 Å². The van der Waals surface area contributed by atoms with E-state index >= 15 is 0 Å². The highest BCUT2D eigenvalue weighted by Gasteiger charge is 2.25. The third-order valence-corrected chi connectivity index (χ3v) is 7.64. The van der Waals surface area contributed by atoms with Crippen molar-refractivity contribution in [1.82, 2.24) is 15.0 Å². The van der Waals surface area contributed by atoms with Gasteiger partial charge < -0.3 is 14.7 Å². The first-order valence-corrected chi connectivity index (χ1v) is 14.1. The van der Waals surface area contributed by atoms with Crippen molar-refractivity contribution in [2.45, 2.75) is 0 Å². The molecule has 1 saturated heterocycles. The van der Waals surface area contributed by atoms with Crippen LogP contribution >= 0.6 is 0 Å². The largest absolute Gasteiger partial charge is 0.336 e. The number of anilines is 3. The van der Waals surface area contributed by atoms with Crippen LogP contribution in [-0.2, 0) is 0 Å². The SMILES string of the molecule is c1cncc(-c2cccc(N3CN(c4cccc(-c5cccnc5)c4)CN(c4cccc(-c5cccnc5)c4)C3)c2)c1. The van der Waals surface area contributed by atoms with Crippen molar-refractivity contribution in [3.05, 3.63) is 146 Å². The molecule has 0 saturated carbocycles. The summed E-state index contributed by atoms with van der Waals surface area (Å²) in [6, 6.07) is 38.5. The van der Waals surface area contributed by atoms with Crippen LogP contribution in [0.5, 0.6) is 0 Å². The maximum atomic E-state index is 4.33. The van der Waals surface area contributed by atoms with Crippen LogP contribution in [-0.4, -0.2) is 35.0 Å². The van der Waals surface area contributed by atoms with Crippen molar-refractivity contribution in [3.8, 4) is 33.4 Å². The molecule has 6 aromatic rings. The lowest BCUT2D eigenvalue weighted by Gasteiger charge is -2.45. The van der Waals surface area contributed by atoms with Crippen LogP contribution in [0.4, 0.5) is 17.1 Å². The maximum absolute atomic E-state index is 4.33. The zero-order chi connectivity index (χ0) is 28.1. The minimum atomic E-state index is 0.756. The van der Waals surface area contributed by atoms with Gasteiger partial charge in [0, 0.05) is 70.9 Å². The van der Waals surface area contributed by atoms with Gasteiger partial charge in [0.15, 0.2) is 0 Å². The average Bonchev–Trinajstić information content (AvgIpc) is 3.09. The molecule has 0 radical (unpaired) electrons. The molecule has 6 nitrogen and oxygen atoms in total. The summed E-state index contributed by atoms with van der Waals surface area (Å²) in [5.41, 5.74) is 10.3. The summed E-state index contributed by atoms with van der Waals surface area (Å²) in [5.74, 6) is 0. The second kappa shape index (κ2) is 11.6. The molecule has 0 N–H and O–H groups in total. The van der Waals surface area contributed by atoms with Gasteiger partial charge in [0.1, 0.15) is 0 Å². The number of aromatic nitrogens is 3. The van der Waals surface area contributed by atoms with Crippen LogP contribution in [0, 0.1) is 0 Å². The molecule has 1 aliphatic heterocycles. The Labute approximate surface area is 246 Å². The first kappa shape index (κ1) is 25.5. The van der Waals surface area contributed by atoms with Gasteiger partial charge in [0.05, 0.1) is 20.0 Å². The molecule has 3 aromatic carbocycles. The first-order valence-electron chi connectivity index (χ1n) is 14.1. The molecule has 3 aromatic heterocycles. The Bertz CT molecular complexity index is 1560. The number of rotatable bonds is 6. The fraction of sp³-hybridized carbons (Fsp3) is 0.0833. The third-order valence-electron chi connectivity index (χ3n) is 7.64. The Morgan fingerprint density at radius 1 is 0.357 bits per heavy atom. The molecule has 1 fully saturated rings. The van der Waals surface area contributed by atoms with Crippen LogP contribution in [0.15, 0.2) is 146 Å². The molecule has 42 heavy (non-hydrogen) atoms. The minimum absolute atomic E-state index is 0.756. The van der Waals surface area contributed by atoms with Crippen molar-refractivity contribution in [2.75, 3.05) is 34.7 Å². The molecular formula is C36H30N6. The minimum Gasteiger partial charge on any atom is -0.336 e. The zero-order valence-electron chi connectivity index (χ0n) is 23.2. The van der Waals surface area contributed by atoms with E-state index in [0.717, 1.165) is 70.4 Å². The van der Waals surface area contributed by atoms with E-state index in [4.69, 9.17) is 0 Å². The predicted octanol–water partition coefficient (Wildman–Crippen LogP) is 7.58. The summed E-state index contributed by atoms with van der Waals surface area (Å²) in [6.45, 7) is 2.27. The van der Waals surface area contributed by atoms with Crippen molar-refractivity contribution >= 4 is 17.1 Å². The van der Waals surface area contributed by atoms with Crippen LogP contribution in [0.3, 0.4) is 0 Å². The Morgan fingerprint density at radius 3 is 0.952 bits per heavy atom. The van der Waals surface area contributed by atoms with Gasteiger partial charge in [-0.1, -0.05) is 54.6 Å². The molecule has 1 aliphatic rings. The molecule has 204 valence electrons. The van der Waals surface area contributed by atoms with Crippen LogP contribution in [0.1, 0.15) is 0 Å². The van der Waals surface area contributed by atoms with E-state index in [-0.39, 0.29) is 0 Å². The standard InChI is InChI=1S/C36H30N6/c1-7-28(31-10-4-16-37-22-31)19-34(13-1)40-25-41(35-14-2-8-29(20-35)32-11-5-17-38-23-32)27-42(26-40)36-15-3-9-30(21-36)33-12-6-18-39-24-33/h1-24H,25-27H2. The Balaban J connectivity index is 1.26. The van der Waals surface area contributed by atoms with E-state index in [1.807, 2.05) is 55.4 Å². The third kappa shape index (κ3) is 5.43. The van der Waals surface area contributed by atoms with E-state index in [2.05, 4.69) is 121 Å². The van der Waals surface area contributed by atoms with Crippen LogP contribution in [0.2, 0.25) is 0 Å². The Kier molecular flexibility index (Phi) is 7.01. The Morgan fingerprint density at radius 2 is 0.667 bits per heavy atom.